The summed E-state index contributed by atoms with van der Waals surface area (Å²) in [5, 5.41) is 5.26. The van der Waals surface area contributed by atoms with Crippen molar-refractivity contribution in [2.24, 2.45) is 18.7 Å². The van der Waals surface area contributed by atoms with E-state index in [1.165, 1.54) is 0 Å². The number of likely N-dealkylation sites (tertiary alicyclic amines) is 1. The van der Waals surface area contributed by atoms with Gasteiger partial charge in [-0.2, -0.15) is 5.10 Å². The standard InChI is InChI=1S/C13H16N4O/c1-16-11-5-3-2-4-10(11)12(15-16)13(18)17-7-9(6-14)8-17/h2-5,9H,6-8,14H2,1H3. The summed E-state index contributed by atoms with van der Waals surface area (Å²) in [6, 6.07) is 7.79. The lowest BCUT2D eigenvalue weighted by Gasteiger charge is -2.38. The molecular formula is C13H16N4O. The molecule has 94 valence electrons. The van der Waals surface area contributed by atoms with Crippen LogP contribution < -0.4 is 5.73 Å². The molecule has 1 aliphatic heterocycles. The van der Waals surface area contributed by atoms with Crippen LogP contribution in [-0.4, -0.2) is 40.2 Å². The molecule has 0 bridgehead atoms. The molecule has 1 aliphatic rings. The first-order valence-corrected chi connectivity index (χ1v) is 6.11. The van der Waals surface area contributed by atoms with Gasteiger partial charge in [-0.1, -0.05) is 18.2 Å². The first-order chi connectivity index (χ1) is 8.70. The lowest BCUT2D eigenvalue weighted by molar-refractivity contribution is 0.0510. The van der Waals surface area contributed by atoms with E-state index in [2.05, 4.69) is 5.10 Å². The fraction of sp³-hybridized carbons (Fsp3) is 0.385. The van der Waals surface area contributed by atoms with Crippen LogP contribution in [0, 0.1) is 5.92 Å². The van der Waals surface area contributed by atoms with Gasteiger partial charge in [0.2, 0.25) is 0 Å². The number of hydrogen-bond donors (Lipinski definition) is 1. The number of carbonyl (C=O) groups is 1. The molecule has 0 radical (unpaired) electrons. The highest BCUT2D eigenvalue weighted by Crippen LogP contribution is 2.22. The molecule has 1 aromatic carbocycles. The SMILES string of the molecule is Cn1nc(C(=O)N2CC(CN)C2)c2ccccc21. The molecule has 0 unspecified atom stereocenters. The smallest absolute Gasteiger partial charge is 0.275 e. The number of fused-ring (bicyclic) bond motifs is 1. The van der Waals surface area contributed by atoms with Crippen molar-refractivity contribution in [3.8, 4) is 0 Å². The van der Waals surface area contributed by atoms with Gasteiger partial charge in [0, 0.05) is 31.4 Å². The molecule has 1 aromatic heterocycles. The second kappa shape index (κ2) is 4.10. The highest BCUT2D eigenvalue weighted by atomic mass is 16.2. The second-order valence-corrected chi connectivity index (χ2v) is 4.80. The third-order valence-electron chi connectivity index (χ3n) is 3.54. The van der Waals surface area contributed by atoms with E-state index in [0.717, 1.165) is 24.0 Å². The summed E-state index contributed by atoms with van der Waals surface area (Å²) < 4.78 is 1.75. The molecule has 0 saturated carbocycles. The number of rotatable bonds is 2. The van der Waals surface area contributed by atoms with E-state index in [4.69, 9.17) is 5.73 Å². The molecule has 5 heteroatoms. The number of carbonyl (C=O) groups excluding carboxylic acids is 1. The molecule has 2 aromatic rings. The summed E-state index contributed by atoms with van der Waals surface area (Å²) in [7, 11) is 1.86. The maximum absolute atomic E-state index is 12.3. The Kier molecular flexibility index (Phi) is 2.56. The fourth-order valence-electron chi connectivity index (χ4n) is 2.41. The minimum atomic E-state index is 0.0106. The zero-order valence-electron chi connectivity index (χ0n) is 10.3. The average Bonchev–Trinajstić information content (AvgIpc) is 2.66. The minimum absolute atomic E-state index is 0.0106. The topological polar surface area (TPSA) is 64.2 Å². The van der Waals surface area contributed by atoms with Gasteiger partial charge >= 0.3 is 0 Å². The lowest BCUT2D eigenvalue weighted by atomic mass is 10.00. The first-order valence-electron chi connectivity index (χ1n) is 6.11. The van der Waals surface area contributed by atoms with Gasteiger partial charge in [0.15, 0.2) is 5.69 Å². The van der Waals surface area contributed by atoms with Gasteiger partial charge in [0.1, 0.15) is 0 Å². The Morgan fingerprint density at radius 2 is 2.17 bits per heavy atom. The van der Waals surface area contributed by atoms with Crippen molar-refractivity contribution in [2.75, 3.05) is 19.6 Å². The Balaban J connectivity index is 1.93. The van der Waals surface area contributed by atoms with Crippen LogP contribution in [0.3, 0.4) is 0 Å². The number of aromatic nitrogens is 2. The molecule has 1 saturated heterocycles. The summed E-state index contributed by atoms with van der Waals surface area (Å²) >= 11 is 0. The normalized spacial score (nSPS) is 16.0. The quantitative estimate of drug-likeness (QED) is 0.841. The molecule has 2 N–H and O–H groups in total. The third kappa shape index (κ3) is 1.59. The van der Waals surface area contributed by atoms with Gasteiger partial charge in [0.05, 0.1) is 5.52 Å². The van der Waals surface area contributed by atoms with E-state index in [1.54, 1.807) is 4.68 Å². The highest BCUT2D eigenvalue weighted by Gasteiger charge is 2.32. The molecule has 0 aliphatic carbocycles. The fourth-order valence-corrected chi connectivity index (χ4v) is 2.41. The van der Waals surface area contributed by atoms with Gasteiger partial charge in [0.25, 0.3) is 5.91 Å². The molecule has 3 rings (SSSR count). The summed E-state index contributed by atoms with van der Waals surface area (Å²) in [5.74, 6) is 0.459. The first kappa shape index (κ1) is 11.2. The van der Waals surface area contributed by atoms with E-state index in [1.807, 2.05) is 36.2 Å². The molecule has 2 heterocycles. The Morgan fingerprint density at radius 3 is 2.89 bits per heavy atom. The molecule has 1 fully saturated rings. The maximum atomic E-state index is 12.3. The Hall–Kier alpha value is -1.88. The predicted octanol–water partition coefficient (Wildman–Crippen LogP) is 0.604. The van der Waals surface area contributed by atoms with Crippen LogP contribution in [-0.2, 0) is 7.05 Å². The van der Waals surface area contributed by atoms with Crippen LogP contribution in [0.1, 0.15) is 10.5 Å². The van der Waals surface area contributed by atoms with E-state index in [9.17, 15) is 4.79 Å². The monoisotopic (exact) mass is 244 g/mol. The number of aryl methyl sites for hydroxylation is 1. The van der Waals surface area contributed by atoms with Crippen molar-refractivity contribution in [2.45, 2.75) is 0 Å². The van der Waals surface area contributed by atoms with Crippen molar-refractivity contribution >= 4 is 16.8 Å². The maximum Gasteiger partial charge on any atom is 0.275 e. The summed E-state index contributed by atoms with van der Waals surface area (Å²) in [6.45, 7) is 2.15. The van der Waals surface area contributed by atoms with Gasteiger partial charge in [-0.3, -0.25) is 9.48 Å². The van der Waals surface area contributed by atoms with Crippen LogP contribution >= 0.6 is 0 Å². The van der Waals surface area contributed by atoms with E-state index >= 15 is 0 Å². The van der Waals surface area contributed by atoms with Gasteiger partial charge in [-0.15, -0.1) is 0 Å². The van der Waals surface area contributed by atoms with Crippen LogP contribution in [0.4, 0.5) is 0 Å². The molecule has 18 heavy (non-hydrogen) atoms. The summed E-state index contributed by atoms with van der Waals surface area (Å²) in [5.41, 5.74) is 7.10. The molecule has 1 amide bonds. The number of hydrogen-bond acceptors (Lipinski definition) is 3. The van der Waals surface area contributed by atoms with Crippen molar-refractivity contribution in [1.29, 1.82) is 0 Å². The highest BCUT2D eigenvalue weighted by molar-refractivity contribution is 6.05. The molecule has 5 nitrogen and oxygen atoms in total. The van der Waals surface area contributed by atoms with E-state index in [0.29, 0.717) is 18.2 Å². The van der Waals surface area contributed by atoms with Crippen LogP contribution in [0.25, 0.3) is 10.9 Å². The van der Waals surface area contributed by atoms with Crippen molar-refractivity contribution in [3.63, 3.8) is 0 Å². The molecular weight excluding hydrogens is 228 g/mol. The van der Waals surface area contributed by atoms with Crippen LogP contribution in [0.5, 0.6) is 0 Å². The van der Waals surface area contributed by atoms with Gasteiger partial charge < -0.3 is 10.6 Å². The number of benzene rings is 1. The van der Waals surface area contributed by atoms with Crippen molar-refractivity contribution < 1.29 is 4.79 Å². The summed E-state index contributed by atoms with van der Waals surface area (Å²) in [6.07, 6.45) is 0. The molecule has 0 atom stereocenters. The molecule has 0 spiro atoms. The zero-order chi connectivity index (χ0) is 12.7. The number of para-hydroxylation sites is 1. The Labute approximate surface area is 105 Å². The number of amides is 1. The number of nitrogens with two attached hydrogens (primary N) is 1. The van der Waals surface area contributed by atoms with E-state index < -0.39 is 0 Å². The second-order valence-electron chi connectivity index (χ2n) is 4.80. The lowest BCUT2D eigenvalue weighted by Crippen LogP contribution is -2.52. The van der Waals surface area contributed by atoms with Crippen LogP contribution in [0.15, 0.2) is 24.3 Å². The number of nitrogens with zero attached hydrogens (tertiary/aromatic N) is 3. The van der Waals surface area contributed by atoms with Crippen molar-refractivity contribution in [1.82, 2.24) is 14.7 Å². The predicted molar refractivity (Wildman–Crippen MR) is 69.2 cm³/mol. The van der Waals surface area contributed by atoms with Gasteiger partial charge in [-0.25, -0.2) is 0 Å². The third-order valence-corrected chi connectivity index (χ3v) is 3.54. The van der Waals surface area contributed by atoms with Gasteiger partial charge in [-0.05, 0) is 12.6 Å². The average molecular weight is 244 g/mol. The summed E-state index contributed by atoms with van der Waals surface area (Å²) in [4.78, 5) is 14.1. The zero-order valence-corrected chi connectivity index (χ0v) is 10.3. The van der Waals surface area contributed by atoms with Crippen molar-refractivity contribution in [3.05, 3.63) is 30.0 Å². The Bertz CT molecular complexity index is 598. The van der Waals surface area contributed by atoms with E-state index in [-0.39, 0.29) is 5.91 Å². The minimum Gasteiger partial charge on any atom is -0.336 e. The largest absolute Gasteiger partial charge is 0.336 e. The van der Waals surface area contributed by atoms with Crippen LogP contribution in [0.2, 0.25) is 0 Å². The Morgan fingerprint density at radius 1 is 1.44 bits per heavy atom.